The van der Waals surface area contributed by atoms with E-state index in [4.69, 9.17) is 9.47 Å². The molecular weight excluding hydrogens is 429 g/mol. The van der Waals surface area contributed by atoms with Gasteiger partial charge in [0.25, 0.3) is 0 Å². The number of hydrogen-bond donors (Lipinski definition) is 2. The second-order valence-electron chi connectivity index (χ2n) is 10.1. The number of anilines is 1. The Morgan fingerprint density at radius 3 is 2.27 bits per heavy atom. The smallest absolute Gasteiger partial charge is 0.413 e. The Morgan fingerprint density at radius 2 is 1.67 bits per heavy atom. The van der Waals surface area contributed by atoms with E-state index in [-0.39, 0.29) is 17.9 Å². The summed E-state index contributed by atoms with van der Waals surface area (Å²) in [6.07, 6.45) is 1.95. The van der Waals surface area contributed by atoms with Gasteiger partial charge in [-0.2, -0.15) is 0 Å². The maximum Gasteiger partial charge on any atom is 0.413 e. The van der Waals surface area contributed by atoms with Crippen molar-refractivity contribution in [3.8, 4) is 0 Å². The SMILES string of the molecule is CC(C)(C)OC(=O)NC1=NC(C)(c2cc(NC(=O)OC(C)(C)C)ccc2F)Cn2ccnc21. The molecule has 2 amide bonds. The Morgan fingerprint density at radius 1 is 1.06 bits per heavy atom. The largest absolute Gasteiger partial charge is 0.444 e. The fraction of sp³-hybridized carbons (Fsp3) is 0.478. The minimum Gasteiger partial charge on any atom is -0.444 e. The van der Waals surface area contributed by atoms with E-state index < -0.39 is 34.7 Å². The molecule has 0 spiro atoms. The van der Waals surface area contributed by atoms with Crippen LogP contribution in [-0.4, -0.2) is 38.8 Å². The molecule has 178 valence electrons. The van der Waals surface area contributed by atoms with Gasteiger partial charge in [0.15, 0.2) is 11.7 Å². The number of aliphatic imine (C=N–C) groups is 1. The fourth-order valence-corrected chi connectivity index (χ4v) is 3.38. The van der Waals surface area contributed by atoms with Crippen molar-refractivity contribution in [1.29, 1.82) is 0 Å². The lowest BCUT2D eigenvalue weighted by Gasteiger charge is -2.33. The second-order valence-corrected chi connectivity index (χ2v) is 10.1. The minimum absolute atomic E-state index is 0.160. The molecule has 0 radical (unpaired) electrons. The van der Waals surface area contributed by atoms with E-state index in [0.717, 1.165) is 0 Å². The summed E-state index contributed by atoms with van der Waals surface area (Å²) in [5.41, 5.74) is -1.89. The number of benzene rings is 1. The molecule has 10 heteroatoms. The zero-order valence-electron chi connectivity index (χ0n) is 19.9. The fourth-order valence-electron chi connectivity index (χ4n) is 3.38. The van der Waals surface area contributed by atoms with Gasteiger partial charge >= 0.3 is 12.2 Å². The van der Waals surface area contributed by atoms with Crippen LogP contribution in [0.3, 0.4) is 0 Å². The number of halogens is 1. The molecule has 33 heavy (non-hydrogen) atoms. The molecule has 2 N–H and O–H groups in total. The predicted octanol–water partition coefficient (Wildman–Crippen LogP) is 4.57. The van der Waals surface area contributed by atoms with E-state index in [1.165, 1.54) is 18.2 Å². The molecule has 1 aliphatic heterocycles. The topological polar surface area (TPSA) is 107 Å². The summed E-state index contributed by atoms with van der Waals surface area (Å²) in [4.78, 5) is 33.4. The number of fused-ring (bicyclic) bond motifs is 1. The first kappa shape index (κ1) is 24.2. The average molecular weight is 460 g/mol. The van der Waals surface area contributed by atoms with Gasteiger partial charge in [-0.3, -0.25) is 15.6 Å². The lowest BCUT2D eigenvalue weighted by Crippen LogP contribution is -2.43. The summed E-state index contributed by atoms with van der Waals surface area (Å²) in [6.45, 7) is 12.5. The van der Waals surface area contributed by atoms with E-state index in [1.54, 1.807) is 65.4 Å². The van der Waals surface area contributed by atoms with Gasteiger partial charge in [0.2, 0.25) is 0 Å². The van der Waals surface area contributed by atoms with E-state index in [9.17, 15) is 14.0 Å². The van der Waals surface area contributed by atoms with Crippen molar-refractivity contribution in [2.75, 3.05) is 5.32 Å². The molecule has 1 atom stereocenters. The van der Waals surface area contributed by atoms with Crippen LogP contribution in [0.4, 0.5) is 19.7 Å². The van der Waals surface area contributed by atoms with Gasteiger partial charge in [0.1, 0.15) is 22.6 Å². The minimum atomic E-state index is -1.10. The highest BCUT2D eigenvalue weighted by Crippen LogP contribution is 2.35. The Labute approximate surface area is 192 Å². The van der Waals surface area contributed by atoms with Crippen LogP contribution in [0.25, 0.3) is 0 Å². The van der Waals surface area contributed by atoms with Gasteiger partial charge in [-0.05, 0) is 66.7 Å². The number of carbonyl (C=O) groups is 2. The number of imidazole rings is 1. The molecule has 0 saturated heterocycles. The summed E-state index contributed by atoms with van der Waals surface area (Å²) in [5, 5.41) is 5.25. The summed E-state index contributed by atoms with van der Waals surface area (Å²) in [6, 6.07) is 4.21. The first-order valence-electron chi connectivity index (χ1n) is 10.6. The van der Waals surface area contributed by atoms with Crippen molar-refractivity contribution >= 4 is 23.7 Å². The molecule has 2 aromatic rings. The molecule has 3 rings (SSSR count). The summed E-state index contributed by atoms with van der Waals surface area (Å²) < 4.78 is 27.3. The van der Waals surface area contributed by atoms with Crippen LogP contribution in [0, 0.1) is 5.82 Å². The number of amides is 2. The molecule has 0 saturated carbocycles. The zero-order valence-corrected chi connectivity index (χ0v) is 19.9. The average Bonchev–Trinajstić information content (AvgIpc) is 3.08. The highest BCUT2D eigenvalue weighted by Gasteiger charge is 2.37. The Balaban J connectivity index is 1.94. The lowest BCUT2D eigenvalue weighted by atomic mass is 9.90. The number of alkyl carbamates (subject to hydrolysis) is 1. The molecule has 1 unspecified atom stereocenters. The van der Waals surface area contributed by atoms with Crippen molar-refractivity contribution in [2.24, 2.45) is 4.99 Å². The molecule has 1 aliphatic rings. The van der Waals surface area contributed by atoms with Gasteiger partial charge in [0.05, 0.1) is 6.54 Å². The van der Waals surface area contributed by atoms with Gasteiger partial charge in [-0.1, -0.05) is 0 Å². The molecule has 1 aromatic carbocycles. The van der Waals surface area contributed by atoms with Gasteiger partial charge < -0.3 is 14.0 Å². The van der Waals surface area contributed by atoms with Crippen molar-refractivity contribution in [2.45, 2.75) is 71.8 Å². The van der Waals surface area contributed by atoms with E-state index in [2.05, 4.69) is 20.6 Å². The number of aromatic nitrogens is 2. The molecule has 1 aromatic heterocycles. The highest BCUT2D eigenvalue weighted by molar-refractivity contribution is 6.05. The molecule has 2 heterocycles. The lowest BCUT2D eigenvalue weighted by molar-refractivity contribution is 0.0560. The summed E-state index contributed by atoms with van der Waals surface area (Å²) in [5.74, 6) is 0.0888. The Bertz CT molecular complexity index is 1100. The van der Waals surface area contributed by atoms with Gasteiger partial charge in [0, 0.05) is 23.6 Å². The van der Waals surface area contributed by atoms with E-state index in [1.807, 2.05) is 0 Å². The van der Waals surface area contributed by atoms with Crippen LogP contribution in [0.5, 0.6) is 0 Å². The molecule has 0 bridgehead atoms. The van der Waals surface area contributed by atoms with Crippen LogP contribution < -0.4 is 10.6 Å². The third-order valence-corrected chi connectivity index (χ3v) is 4.58. The van der Waals surface area contributed by atoms with Gasteiger partial charge in [-0.25, -0.2) is 19.0 Å². The maximum atomic E-state index is 15.0. The molecule has 0 fully saturated rings. The standard InChI is InChI=1S/C23H30FN5O4/c1-21(2,3)32-19(30)26-14-8-9-16(24)15(12-14)23(7)13-29-11-10-25-18(29)17(28-23)27-20(31)33-22(4,5)6/h8-12H,13H2,1-7H3,(H,26,30)(H,27,28,31). The second kappa shape index (κ2) is 8.49. The molecule has 9 nitrogen and oxygen atoms in total. The van der Waals surface area contributed by atoms with Crippen molar-refractivity contribution in [3.05, 3.63) is 47.8 Å². The Hall–Kier alpha value is -3.43. The third kappa shape index (κ3) is 6.09. The molecule has 0 aliphatic carbocycles. The van der Waals surface area contributed by atoms with Crippen molar-refractivity contribution in [1.82, 2.24) is 14.9 Å². The summed E-state index contributed by atoms with van der Waals surface area (Å²) >= 11 is 0. The number of hydrogen-bond acceptors (Lipinski definition) is 6. The molecular formula is C23H30FN5O4. The number of nitrogens with zero attached hydrogens (tertiary/aromatic N) is 3. The van der Waals surface area contributed by atoms with Crippen molar-refractivity contribution in [3.63, 3.8) is 0 Å². The normalized spacial score (nSPS) is 18.1. The van der Waals surface area contributed by atoms with E-state index >= 15 is 0 Å². The van der Waals surface area contributed by atoms with Crippen LogP contribution >= 0.6 is 0 Å². The zero-order chi connectivity index (χ0) is 24.6. The maximum absolute atomic E-state index is 15.0. The quantitative estimate of drug-likeness (QED) is 0.684. The number of carbonyl (C=O) groups excluding carboxylic acids is 2. The van der Waals surface area contributed by atoms with Crippen LogP contribution in [0.2, 0.25) is 0 Å². The monoisotopic (exact) mass is 459 g/mol. The first-order valence-corrected chi connectivity index (χ1v) is 10.6. The third-order valence-electron chi connectivity index (χ3n) is 4.58. The highest BCUT2D eigenvalue weighted by atomic mass is 19.1. The number of ether oxygens (including phenoxy) is 2. The van der Waals surface area contributed by atoms with Crippen molar-refractivity contribution < 1.29 is 23.5 Å². The first-order chi connectivity index (χ1) is 15.2. The van der Waals surface area contributed by atoms with Gasteiger partial charge in [-0.15, -0.1) is 0 Å². The van der Waals surface area contributed by atoms with Crippen LogP contribution in [-0.2, 0) is 21.6 Å². The van der Waals surface area contributed by atoms with Crippen LogP contribution in [0.15, 0.2) is 35.6 Å². The van der Waals surface area contributed by atoms with Crippen LogP contribution in [0.1, 0.15) is 59.9 Å². The number of rotatable bonds is 2. The number of amidine groups is 1. The predicted molar refractivity (Wildman–Crippen MR) is 122 cm³/mol. The summed E-state index contributed by atoms with van der Waals surface area (Å²) in [7, 11) is 0. The van der Waals surface area contributed by atoms with E-state index in [0.29, 0.717) is 11.5 Å². The Kier molecular flexibility index (Phi) is 6.23. The number of nitrogens with one attached hydrogen (secondary N) is 2.